The largest absolute Gasteiger partial charge is 1.00 e. The van der Waals surface area contributed by atoms with Crippen molar-refractivity contribution in [3.05, 3.63) is 0 Å². The Labute approximate surface area is 102 Å². The number of rotatable bonds is 5. The number of hydrogen-bond acceptors (Lipinski definition) is 1. The van der Waals surface area contributed by atoms with Gasteiger partial charge < -0.3 is 38.2 Å². The number of halogens is 1. The summed E-state index contributed by atoms with van der Waals surface area (Å²) in [4.78, 5) is 17.2. The third-order valence-electron chi connectivity index (χ3n) is 1.73. The number of quaternary nitrogens is 1. The minimum Gasteiger partial charge on any atom is -1.00 e. The van der Waals surface area contributed by atoms with E-state index in [4.69, 9.17) is 16.2 Å². The summed E-state index contributed by atoms with van der Waals surface area (Å²) in [5.74, 6) is 2.53. The van der Waals surface area contributed by atoms with Crippen LogP contribution in [0.3, 0.4) is 0 Å². The minimum atomic E-state index is -3.83. The van der Waals surface area contributed by atoms with Crippen LogP contribution < -0.4 is 24.0 Å². The molecule has 0 spiro atoms. The van der Waals surface area contributed by atoms with Gasteiger partial charge in [-0.05, 0) is 5.92 Å². The molecule has 2 N–H and O–H groups in total. The average molecular weight is 333 g/mol. The maximum absolute atomic E-state index is 10.5. The quantitative estimate of drug-likeness (QED) is 0.249. The molecule has 0 aliphatic rings. The van der Waals surface area contributed by atoms with Crippen LogP contribution in [0.5, 0.6) is 0 Å². The molecule has 0 saturated heterocycles. The average Bonchev–Trinajstić information content (AvgIpc) is 1.82. The van der Waals surface area contributed by atoms with E-state index in [2.05, 4.69) is 5.92 Å². The zero-order valence-corrected chi connectivity index (χ0v) is 11.5. The molecule has 0 unspecified atom stereocenters. The van der Waals surface area contributed by atoms with E-state index in [0.29, 0.717) is 24.0 Å². The molecule has 4 nitrogen and oxygen atoms in total. The van der Waals surface area contributed by atoms with Crippen LogP contribution in [0, 0.1) is 12.3 Å². The van der Waals surface area contributed by atoms with Crippen LogP contribution in [0.25, 0.3) is 0 Å². The van der Waals surface area contributed by atoms with Gasteiger partial charge in [0.2, 0.25) is 0 Å². The zero-order chi connectivity index (χ0) is 10.5. The molecule has 0 saturated carbocycles. The number of terminal acetylenes is 1. The molecule has 0 atom stereocenters. The molecule has 0 aromatic carbocycles. The lowest BCUT2D eigenvalue weighted by Gasteiger charge is -2.27. The Morgan fingerprint density at radius 3 is 2.29 bits per heavy atom. The van der Waals surface area contributed by atoms with Gasteiger partial charge in [0.1, 0.15) is 6.54 Å². The normalized spacial score (nSPS) is 11.6. The lowest BCUT2D eigenvalue weighted by atomic mass is 10.4. The summed E-state index contributed by atoms with van der Waals surface area (Å²) in [7, 11) is 0.0556. The van der Waals surface area contributed by atoms with Crippen molar-refractivity contribution in [1.82, 2.24) is 0 Å². The first-order valence-corrected chi connectivity index (χ1v) is 5.87. The highest BCUT2D eigenvalue weighted by atomic mass is 127. The van der Waals surface area contributed by atoms with Crippen LogP contribution in [0.15, 0.2) is 0 Å². The number of hydrogen-bond donors (Lipinski definition) is 2. The van der Waals surface area contributed by atoms with Gasteiger partial charge in [-0.1, -0.05) is 0 Å². The van der Waals surface area contributed by atoms with Crippen LogP contribution in [0.4, 0.5) is 0 Å². The molecule has 0 fully saturated rings. The standard InChI is InChI=1S/C8H16NO3P.HI/c1-4-6-9(2,3)7-5-8-13(10,11)12;/h1H,5-8H2,2-3H3,(H-,10,11,12);1H. The van der Waals surface area contributed by atoms with Crippen molar-refractivity contribution in [3.8, 4) is 12.3 Å². The fourth-order valence-corrected chi connectivity index (χ4v) is 1.58. The van der Waals surface area contributed by atoms with Gasteiger partial charge >= 0.3 is 7.60 Å². The monoisotopic (exact) mass is 333 g/mol. The van der Waals surface area contributed by atoms with E-state index in [1.165, 1.54) is 0 Å². The van der Waals surface area contributed by atoms with E-state index in [-0.39, 0.29) is 30.1 Å². The Kier molecular flexibility index (Phi) is 8.17. The Morgan fingerprint density at radius 1 is 1.43 bits per heavy atom. The van der Waals surface area contributed by atoms with Crippen LogP contribution in [-0.2, 0) is 4.57 Å². The van der Waals surface area contributed by atoms with Gasteiger partial charge in [0.05, 0.1) is 26.8 Å². The summed E-state index contributed by atoms with van der Waals surface area (Å²) < 4.78 is 11.1. The second-order valence-electron chi connectivity index (χ2n) is 3.76. The topological polar surface area (TPSA) is 57.5 Å². The van der Waals surface area contributed by atoms with Crippen molar-refractivity contribution in [3.63, 3.8) is 0 Å². The lowest BCUT2D eigenvalue weighted by molar-refractivity contribution is -0.883. The molecule has 0 amide bonds. The van der Waals surface area contributed by atoms with Crippen molar-refractivity contribution in [2.45, 2.75) is 6.42 Å². The Bertz CT molecular complexity index is 243. The van der Waals surface area contributed by atoms with E-state index < -0.39 is 7.60 Å². The van der Waals surface area contributed by atoms with Crippen LogP contribution in [0.2, 0.25) is 0 Å². The van der Waals surface area contributed by atoms with Crippen molar-refractivity contribution in [2.75, 3.05) is 33.3 Å². The lowest BCUT2D eigenvalue weighted by Crippen LogP contribution is -3.00. The minimum absolute atomic E-state index is 0. The van der Waals surface area contributed by atoms with Crippen molar-refractivity contribution < 1.29 is 42.8 Å². The Hall–Kier alpha value is 0.400. The predicted octanol–water partition coefficient (Wildman–Crippen LogP) is -2.73. The molecule has 14 heavy (non-hydrogen) atoms. The van der Waals surface area contributed by atoms with E-state index >= 15 is 0 Å². The first-order valence-electron chi connectivity index (χ1n) is 4.07. The maximum atomic E-state index is 10.5. The van der Waals surface area contributed by atoms with Crippen molar-refractivity contribution >= 4 is 7.60 Å². The van der Waals surface area contributed by atoms with Gasteiger partial charge in [0.15, 0.2) is 0 Å². The molecule has 0 aliphatic heterocycles. The zero-order valence-electron chi connectivity index (χ0n) is 8.48. The van der Waals surface area contributed by atoms with Crippen LogP contribution in [-0.4, -0.2) is 47.6 Å². The predicted molar refractivity (Wildman–Crippen MR) is 52.2 cm³/mol. The Balaban J connectivity index is 0. The molecule has 0 radical (unpaired) electrons. The third kappa shape index (κ3) is 10.5. The summed E-state index contributed by atoms with van der Waals surface area (Å²) in [6.07, 6.45) is 5.60. The third-order valence-corrected chi connectivity index (χ3v) is 2.63. The second kappa shape index (κ2) is 6.81. The van der Waals surface area contributed by atoms with Gasteiger partial charge in [-0.3, -0.25) is 4.57 Å². The molecule has 6 heteroatoms. The molecule has 0 bridgehead atoms. The number of nitrogens with zero attached hydrogens (tertiary/aromatic N) is 1. The fraction of sp³-hybridized carbons (Fsp3) is 0.750. The van der Waals surface area contributed by atoms with Crippen molar-refractivity contribution in [2.24, 2.45) is 0 Å². The molecule has 0 aliphatic carbocycles. The van der Waals surface area contributed by atoms with Gasteiger partial charge in [-0.2, -0.15) is 0 Å². The highest BCUT2D eigenvalue weighted by molar-refractivity contribution is 7.51. The summed E-state index contributed by atoms with van der Waals surface area (Å²) in [6.45, 7) is 1.27. The molecule has 0 rings (SSSR count). The molecule has 84 valence electrons. The Morgan fingerprint density at radius 2 is 1.93 bits per heavy atom. The first-order chi connectivity index (χ1) is 5.77. The summed E-state index contributed by atoms with van der Waals surface area (Å²) in [6, 6.07) is 0. The van der Waals surface area contributed by atoms with Gasteiger partial charge in [-0.15, -0.1) is 6.42 Å². The van der Waals surface area contributed by atoms with Crippen LogP contribution in [0.1, 0.15) is 6.42 Å². The SMILES string of the molecule is C#CC[N+](C)(C)CCCP(=O)(O)O.[I-]. The molecular formula is C8H17INO3P. The smallest absolute Gasteiger partial charge is 0.325 e. The van der Waals surface area contributed by atoms with Gasteiger partial charge in [-0.25, -0.2) is 0 Å². The summed E-state index contributed by atoms with van der Waals surface area (Å²) in [5, 5.41) is 0. The molecule has 0 aromatic heterocycles. The maximum Gasteiger partial charge on any atom is 0.325 e. The second-order valence-corrected chi connectivity index (χ2v) is 5.54. The van der Waals surface area contributed by atoms with Gasteiger partial charge in [0, 0.05) is 6.42 Å². The summed E-state index contributed by atoms with van der Waals surface area (Å²) in [5.41, 5.74) is 0. The first kappa shape index (κ1) is 16.8. The molecule has 0 aromatic rings. The highest BCUT2D eigenvalue weighted by Gasteiger charge is 2.17. The van der Waals surface area contributed by atoms with E-state index in [1.807, 2.05) is 14.1 Å². The van der Waals surface area contributed by atoms with E-state index in [0.717, 1.165) is 0 Å². The fourth-order valence-electron chi connectivity index (χ4n) is 1.03. The molecular weight excluding hydrogens is 316 g/mol. The van der Waals surface area contributed by atoms with Crippen molar-refractivity contribution in [1.29, 1.82) is 0 Å². The summed E-state index contributed by atoms with van der Waals surface area (Å²) >= 11 is 0. The van der Waals surface area contributed by atoms with Gasteiger partial charge in [0.25, 0.3) is 0 Å². The molecule has 0 heterocycles. The van der Waals surface area contributed by atoms with E-state index in [1.54, 1.807) is 0 Å². The highest BCUT2D eigenvalue weighted by Crippen LogP contribution is 2.34. The van der Waals surface area contributed by atoms with E-state index in [9.17, 15) is 4.57 Å². The van der Waals surface area contributed by atoms with Crippen LogP contribution >= 0.6 is 7.60 Å².